The van der Waals surface area contributed by atoms with Gasteiger partial charge in [-0.15, -0.1) is 0 Å². The van der Waals surface area contributed by atoms with Crippen molar-refractivity contribution in [2.24, 2.45) is 0 Å². The number of aryl methyl sites for hydroxylation is 2. The number of amides is 4. The number of hydrogen-bond acceptors (Lipinski definition) is 16. The largest absolute Gasteiger partial charge is 0.489 e. The van der Waals surface area contributed by atoms with Crippen LogP contribution >= 0.6 is 0 Å². The summed E-state index contributed by atoms with van der Waals surface area (Å²) in [6, 6.07) is 11.6. The summed E-state index contributed by atoms with van der Waals surface area (Å²) in [4.78, 5) is 61.5. The van der Waals surface area contributed by atoms with E-state index in [0.29, 0.717) is 71.2 Å². The topological polar surface area (TPSA) is 226 Å². The quantitative estimate of drug-likeness (QED) is 0.0888. The number of pyridine rings is 2. The molecule has 0 radical (unpaired) electrons. The molecule has 81 heavy (non-hydrogen) atoms. The lowest BCUT2D eigenvalue weighted by atomic mass is 9.99. The third kappa shape index (κ3) is 12.7. The van der Waals surface area contributed by atoms with Crippen molar-refractivity contribution in [3.63, 3.8) is 0 Å². The Morgan fingerprint density at radius 3 is 1.64 bits per heavy atom. The lowest BCUT2D eigenvalue weighted by Crippen LogP contribution is -2.56. The summed E-state index contributed by atoms with van der Waals surface area (Å²) in [7, 11) is 0. The average Bonchev–Trinajstić information content (AvgIpc) is 3.50. The van der Waals surface area contributed by atoms with Gasteiger partial charge in [-0.2, -0.15) is 26.3 Å². The van der Waals surface area contributed by atoms with E-state index in [1.807, 2.05) is 13.8 Å². The third-order valence-electron chi connectivity index (χ3n) is 14.1. The van der Waals surface area contributed by atoms with Crippen molar-refractivity contribution in [3.05, 3.63) is 108 Å². The normalized spacial score (nSPS) is 19.4. The van der Waals surface area contributed by atoms with Gasteiger partial charge >= 0.3 is 24.4 Å². The molecule has 5 aliphatic rings. The average molecular weight is 1130 g/mol. The van der Waals surface area contributed by atoms with Gasteiger partial charge in [0.05, 0.1) is 84.0 Å². The molecule has 9 heterocycles. The Morgan fingerprint density at radius 1 is 0.716 bits per heavy atom. The van der Waals surface area contributed by atoms with Gasteiger partial charge in [0.25, 0.3) is 0 Å². The first-order chi connectivity index (χ1) is 38.6. The van der Waals surface area contributed by atoms with Crippen LogP contribution in [0.5, 0.6) is 11.5 Å². The van der Waals surface area contributed by atoms with Gasteiger partial charge in [0, 0.05) is 49.4 Å². The highest BCUT2D eigenvalue weighted by Gasteiger charge is 2.42. The van der Waals surface area contributed by atoms with E-state index in [4.69, 9.17) is 24.1 Å². The minimum Gasteiger partial charge on any atom is -0.489 e. The second-order valence-corrected chi connectivity index (χ2v) is 20.6. The maximum absolute atomic E-state index is 13.8. The Morgan fingerprint density at radius 2 is 1.20 bits per heavy atom. The molecule has 3 fully saturated rings. The molecule has 0 saturated carbocycles. The predicted molar refractivity (Wildman–Crippen MR) is 285 cm³/mol. The molecule has 2 aromatic carbocycles. The van der Waals surface area contributed by atoms with Crippen LogP contribution in [-0.4, -0.2) is 135 Å². The number of ether oxygens (including phenoxy) is 4. The number of fused-ring (bicyclic) bond motifs is 8. The fraction of sp³-hybridized carbons (Fsp3) is 0.418. The highest BCUT2D eigenvalue weighted by atomic mass is 19.4. The second kappa shape index (κ2) is 22.9. The molecule has 4 aromatic heterocycles. The number of carbonyl (C=O) groups excluding carboxylic acids is 2. The molecule has 428 valence electrons. The van der Waals surface area contributed by atoms with Gasteiger partial charge in [-0.3, -0.25) is 19.8 Å². The summed E-state index contributed by atoms with van der Waals surface area (Å²) in [5.41, 5.74) is 2.09. The van der Waals surface area contributed by atoms with Crippen LogP contribution in [-0.2, 0) is 21.8 Å². The number of aromatic nitrogens is 6. The van der Waals surface area contributed by atoms with E-state index in [9.17, 15) is 41.0 Å². The first-order valence-corrected chi connectivity index (χ1v) is 26.2. The molecule has 11 rings (SSSR count). The van der Waals surface area contributed by atoms with Crippen LogP contribution < -0.4 is 39.7 Å². The lowest BCUT2D eigenvalue weighted by molar-refractivity contribution is -0.141. The minimum absolute atomic E-state index is 0.0934. The Kier molecular flexibility index (Phi) is 15.9. The van der Waals surface area contributed by atoms with Crippen LogP contribution in [0.15, 0.2) is 85.5 Å². The number of benzene rings is 2. The summed E-state index contributed by atoms with van der Waals surface area (Å²) >= 11 is 0. The van der Waals surface area contributed by atoms with E-state index in [2.05, 4.69) is 50.3 Å². The maximum Gasteiger partial charge on any atom is 0.416 e. The SMILES string of the molecule is Cc1nc(-c2cccc(C(F)(F)F)c2)nc2c1N1CCC[C@@H](C1)N2C(=O)Nc1cncc(OC[C@@H](O)CO)c1.Cc1nc(-c2cccc(C(F)(F)F)c2)nc2c1N1CCC[C@@H](C1)N2C(=O)Nc1cncc(OC[C@@H]2COC(C)(C)O2)c1. The molecule has 20 nitrogen and oxygen atoms in total. The molecule has 4 atom stereocenters. The number of aliphatic hydroxyl groups is 2. The van der Waals surface area contributed by atoms with Crippen molar-refractivity contribution >= 4 is 46.4 Å². The number of piperidine rings is 2. The van der Waals surface area contributed by atoms with Crippen LogP contribution in [0.4, 0.5) is 70.3 Å². The molecule has 0 unspecified atom stereocenters. The van der Waals surface area contributed by atoms with Crippen LogP contribution in [0.3, 0.4) is 0 Å². The van der Waals surface area contributed by atoms with Gasteiger partial charge in [0.15, 0.2) is 29.1 Å². The fourth-order valence-electron chi connectivity index (χ4n) is 10.5. The molecule has 0 spiro atoms. The molecule has 0 aliphatic carbocycles. The number of halogens is 6. The lowest BCUT2D eigenvalue weighted by Gasteiger charge is -2.46. The van der Waals surface area contributed by atoms with Gasteiger partial charge in [0.1, 0.15) is 48.3 Å². The minimum atomic E-state index is -4.52. The Hall–Kier alpha value is -7.94. The highest BCUT2D eigenvalue weighted by Crippen LogP contribution is 2.44. The van der Waals surface area contributed by atoms with Gasteiger partial charge < -0.3 is 49.6 Å². The van der Waals surface area contributed by atoms with Crippen LogP contribution in [0.1, 0.15) is 62.0 Å². The standard InChI is InChI=1S/C29H31F3N6O4.C26H27F3N6O4/c1-17-24-26(36-25(34-17)18-6-4-7-19(10-18)29(30,31)32)38(21-8-5-9-37(24)14-21)27(39)35-20-11-22(13-33-12-20)40-15-23-16-41-28(2,3)42-23;1-15-22-24(33-23(31-15)16-4-2-5-17(8-16)26(27,28)29)35(19-6-3-7-34(22)12-19)25(38)32-18-9-21(11-30-10-18)39-14-20(37)13-36/h4,6-7,10-13,21,23H,5,8-9,14-16H2,1-3H3,(H,35,39);2,4-5,8-11,19-20,36-37H,3,6-7,12-14H2,1H3,(H,32,38)/t21-,23+;19-,20-/m00/s1. The zero-order chi connectivity index (χ0) is 57.4. The number of hydrogen-bond donors (Lipinski definition) is 4. The summed E-state index contributed by atoms with van der Waals surface area (Å²) in [6.45, 7) is 10.00. The van der Waals surface area contributed by atoms with E-state index in [1.54, 1.807) is 35.9 Å². The van der Waals surface area contributed by atoms with Gasteiger partial charge in [-0.05, 0) is 77.6 Å². The van der Waals surface area contributed by atoms with E-state index in [0.717, 1.165) is 63.0 Å². The van der Waals surface area contributed by atoms with Crippen molar-refractivity contribution in [1.29, 1.82) is 0 Å². The molecule has 5 aliphatic heterocycles. The third-order valence-corrected chi connectivity index (χ3v) is 14.1. The molecule has 4 N–H and O–H groups in total. The van der Waals surface area contributed by atoms with E-state index < -0.39 is 54.0 Å². The predicted octanol–water partition coefficient (Wildman–Crippen LogP) is 9.04. The molecular formula is C55H58F6N12O8. The van der Waals surface area contributed by atoms with Crippen molar-refractivity contribution in [1.82, 2.24) is 29.9 Å². The Bertz CT molecular complexity index is 3300. The number of aliphatic hydroxyl groups excluding tert-OH is 2. The van der Waals surface area contributed by atoms with Crippen molar-refractivity contribution in [3.8, 4) is 34.3 Å². The molecule has 26 heteroatoms. The monoisotopic (exact) mass is 1130 g/mol. The zero-order valence-electron chi connectivity index (χ0n) is 44.5. The number of alkyl halides is 6. The highest BCUT2D eigenvalue weighted by molar-refractivity contribution is 6.06. The number of nitrogens with one attached hydrogen (secondary N) is 2. The first kappa shape index (κ1) is 56.3. The molecule has 4 bridgehead atoms. The van der Waals surface area contributed by atoms with E-state index >= 15 is 0 Å². The van der Waals surface area contributed by atoms with Gasteiger partial charge in [0.2, 0.25) is 0 Å². The van der Waals surface area contributed by atoms with Crippen LogP contribution in [0.25, 0.3) is 22.8 Å². The molecular weight excluding hydrogens is 1070 g/mol. The number of rotatable bonds is 11. The summed E-state index contributed by atoms with van der Waals surface area (Å²) in [5.74, 6) is 0.983. The first-order valence-electron chi connectivity index (χ1n) is 26.2. The Labute approximate surface area is 461 Å². The summed E-state index contributed by atoms with van der Waals surface area (Å²) < 4.78 is 103. The zero-order valence-corrected chi connectivity index (χ0v) is 44.5. The molecule has 6 aromatic rings. The maximum atomic E-state index is 13.8. The second-order valence-electron chi connectivity index (χ2n) is 20.6. The molecule has 4 amide bonds. The van der Waals surface area contributed by atoms with Crippen molar-refractivity contribution in [2.45, 2.75) is 95.8 Å². The van der Waals surface area contributed by atoms with Gasteiger partial charge in [-0.1, -0.05) is 24.3 Å². The number of nitrogens with zero attached hydrogens (tertiary/aromatic N) is 10. The molecule has 3 saturated heterocycles. The number of urea groups is 2. The number of anilines is 6. The van der Waals surface area contributed by atoms with Gasteiger partial charge in [-0.25, -0.2) is 29.5 Å². The Balaban J connectivity index is 0.000000182. The van der Waals surface area contributed by atoms with E-state index in [1.165, 1.54) is 48.9 Å². The van der Waals surface area contributed by atoms with Crippen LogP contribution in [0, 0.1) is 13.8 Å². The fourth-order valence-corrected chi connectivity index (χ4v) is 10.5. The summed E-state index contributed by atoms with van der Waals surface area (Å²) in [6.07, 6.45) is -1.20. The van der Waals surface area contributed by atoms with Crippen molar-refractivity contribution in [2.75, 3.05) is 82.8 Å². The smallest absolute Gasteiger partial charge is 0.416 e. The van der Waals surface area contributed by atoms with Crippen LogP contribution in [0.2, 0.25) is 0 Å². The summed E-state index contributed by atoms with van der Waals surface area (Å²) in [5, 5.41) is 24.2. The van der Waals surface area contributed by atoms with E-state index in [-0.39, 0.29) is 59.9 Å². The number of carbonyl (C=O) groups is 2. The van der Waals surface area contributed by atoms with Crippen molar-refractivity contribution < 1.29 is 65.1 Å².